The molecule has 1 N–H and O–H groups in total. The highest BCUT2D eigenvalue weighted by molar-refractivity contribution is 7.15. The summed E-state index contributed by atoms with van der Waals surface area (Å²) in [4.78, 5) is 5.68. The van der Waals surface area contributed by atoms with Gasteiger partial charge in [0.2, 0.25) is 0 Å². The normalized spacial score (nSPS) is 12.6. The minimum atomic E-state index is 0.320. The SMILES string of the molecule is CCCNC(C)c1cnc(-c2cc(Cl)cc(Cl)c2)s1. The van der Waals surface area contributed by atoms with Gasteiger partial charge in [0.25, 0.3) is 0 Å². The molecule has 0 saturated heterocycles. The maximum atomic E-state index is 6.02. The van der Waals surface area contributed by atoms with E-state index in [1.165, 1.54) is 4.88 Å². The Hall–Kier alpha value is -0.610. The van der Waals surface area contributed by atoms with Gasteiger partial charge in [-0.15, -0.1) is 11.3 Å². The molecule has 0 radical (unpaired) electrons. The molecule has 0 amide bonds. The van der Waals surface area contributed by atoms with Crippen molar-refractivity contribution in [3.05, 3.63) is 39.3 Å². The van der Waals surface area contributed by atoms with Gasteiger partial charge in [0.05, 0.1) is 0 Å². The molecular weight excluding hydrogens is 299 g/mol. The van der Waals surface area contributed by atoms with Gasteiger partial charge in [0.15, 0.2) is 0 Å². The quantitative estimate of drug-likeness (QED) is 0.822. The summed E-state index contributed by atoms with van der Waals surface area (Å²) in [5.41, 5.74) is 0.969. The minimum absolute atomic E-state index is 0.320. The Bertz CT molecular complexity index is 534. The molecule has 2 nitrogen and oxygen atoms in total. The van der Waals surface area contributed by atoms with Gasteiger partial charge in [-0.25, -0.2) is 4.98 Å². The standard InChI is InChI=1S/C14H16Cl2N2S/c1-3-4-17-9(2)13-8-18-14(19-13)10-5-11(15)7-12(16)6-10/h5-9,17H,3-4H2,1-2H3. The number of thiazole rings is 1. The van der Waals surface area contributed by atoms with Crippen molar-refractivity contribution in [2.24, 2.45) is 0 Å². The molecule has 102 valence electrons. The molecule has 0 aliphatic heterocycles. The third-order valence-corrected chi connectivity index (χ3v) is 4.43. The summed E-state index contributed by atoms with van der Waals surface area (Å²) in [6.07, 6.45) is 3.04. The van der Waals surface area contributed by atoms with Crippen LogP contribution >= 0.6 is 34.5 Å². The fourth-order valence-electron chi connectivity index (χ4n) is 1.76. The molecule has 2 rings (SSSR count). The number of hydrogen-bond acceptors (Lipinski definition) is 3. The van der Waals surface area contributed by atoms with Crippen LogP contribution in [0.5, 0.6) is 0 Å². The van der Waals surface area contributed by atoms with E-state index in [1.54, 1.807) is 17.4 Å². The van der Waals surface area contributed by atoms with Crippen molar-refractivity contribution in [3.63, 3.8) is 0 Å². The summed E-state index contributed by atoms with van der Waals surface area (Å²) in [7, 11) is 0. The lowest BCUT2D eigenvalue weighted by molar-refractivity contribution is 0.577. The van der Waals surface area contributed by atoms with Crippen molar-refractivity contribution < 1.29 is 0 Å². The number of aromatic nitrogens is 1. The number of rotatable bonds is 5. The Balaban J connectivity index is 2.20. The van der Waals surface area contributed by atoms with Crippen molar-refractivity contribution in [1.82, 2.24) is 10.3 Å². The molecular formula is C14H16Cl2N2S. The summed E-state index contributed by atoms with van der Waals surface area (Å²) in [5.74, 6) is 0. The van der Waals surface area contributed by atoms with Crippen molar-refractivity contribution in [1.29, 1.82) is 0 Å². The van der Waals surface area contributed by atoms with E-state index in [0.717, 1.165) is 23.5 Å². The predicted molar refractivity (Wildman–Crippen MR) is 84.3 cm³/mol. The Labute approximate surface area is 127 Å². The molecule has 0 bridgehead atoms. The van der Waals surface area contributed by atoms with Crippen LogP contribution in [-0.2, 0) is 0 Å². The van der Waals surface area contributed by atoms with Crippen molar-refractivity contribution in [2.45, 2.75) is 26.3 Å². The second kappa shape index (κ2) is 6.71. The first-order valence-corrected chi connectivity index (χ1v) is 7.83. The third-order valence-electron chi connectivity index (χ3n) is 2.76. The lowest BCUT2D eigenvalue weighted by Gasteiger charge is -2.09. The Morgan fingerprint density at radius 2 is 1.95 bits per heavy atom. The number of hydrogen-bond donors (Lipinski definition) is 1. The fourth-order valence-corrected chi connectivity index (χ4v) is 3.21. The molecule has 0 aliphatic rings. The van der Waals surface area contributed by atoms with E-state index in [2.05, 4.69) is 24.1 Å². The van der Waals surface area contributed by atoms with Crippen LogP contribution in [0.1, 0.15) is 31.2 Å². The van der Waals surface area contributed by atoms with Crippen LogP contribution in [0.2, 0.25) is 10.0 Å². The van der Waals surface area contributed by atoms with Gasteiger partial charge in [0.1, 0.15) is 5.01 Å². The van der Waals surface area contributed by atoms with Crippen LogP contribution in [-0.4, -0.2) is 11.5 Å². The number of nitrogens with one attached hydrogen (secondary N) is 1. The third kappa shape index (κ3) is 3.93. The molecule has 5 heteroatoms. The van der Waals surface area contributed by atoms with E-state index in [1.807, 2.05) is 18.3 Å². The summed E-state index contributed by atoms with van der Waals surface area (Å²) in [6, 6.07) is 5.83. The largest absolute Gasteiger partial charge is 0.309 e. The highest BCUT2D eigenvalue weighted by Gasteiger charge is 2.11. The van der Waals surface area contributed by atoms with Gasteiger partial charge in [0, 0.05) is 32.7 Å². The van der Waals surface area contributed by atoms with Crippen LogP contribution in [0.15, 0.2) is 24.4 Å². The lowest BCUT2D eigenvalue weighted by atomic mass is 10.2. The van der Waals surface area contributed by atoms with E-state index < -0.39 is 0 Å². The van der Waals surface area contributed by atoms with Gasteiger partial charge in [-0.2, -0.15) is 0 Å². The topological polar surface area (TPSA) is 24.9 Å². The van der Waals surface area contributed by atoms with Crippen molar-refractivity contribution in [3.8, 4) is 10.6 Å². The van der Waals surface area contributed by atoms with Gasteiger partial charge < -0.3 is 5.32 Å². The summed E-state index contributed by atoms with van der Waals surface area (Å²) >= 11 is 13.7. The molecule has 0 aliphatic carbocycles. The van der Waals surface area contributed by atoms with Gasteiger partial charge in [-0.05, 0) is 38.1 Å². The molecule has 19 heavy (non-hydrogen) atoms. The second-order valence-electron chi connectivity index (χ2n) is 4.40. The molecule has 1 unspecified atom stereocenters. The fraction of sp³-hybridized carbons (Fsp3) is 0.357. The first-order valence-electron chi connectivity index (χ1n) is 6.25. The first kappa shape index (κ1) is 14.8. The molecule has 1 atom stereocenters. The van der Waals surface area contributed by atoms with Crippen molar-refractivity contribution in [2.75, 3.05) is 6.54 Å². The summed E-state index contributed by atoms with van der Waals surface area (Å²) < 4.78 is 0. The van der Waals surface area contributed by atoms with Crippen molar-refractivity contribution >= 4 is 34.5 Å². The average molecular weight is 315 g/mol. The van der Waals surface area contributed by atoms with Crippen LogP contribution < -0.4 is 5.32 Å². The van der Waals surface area contributed by atoms with E-state index in [0.29, 0.717) is 16.1 Å². The molecule has 0 fully saturated rings. The Morgan fingerprint density at radius 3 is 2.58 bits per heavy atom. The number of benzene rings is 1. The minimum Gasteiger partial charge on any atom is -0.309 e. The maximum absolute atomic E-state index is 6.02. The van der Waals surface area contributed by atoms with E-state index >= 15 is 0 Å². The molecule has 1 aromatic heterocycles. The second-order valence-corrected chi connectivity index (χ2v) is 6.34. The zero-order valence-electron chi connectivity index (χ0n) is 10.9. The predicted octanol–water partition coefficient (Wildman–Crippen LogP) is 5.18. The molecule has 0 saturated carbocycles. The molecule has 1 aromatic carbocycles. The number of nitrogens with zero attached hydrogens (tertiary/aromatic N) is 1. The van der Waals surface area contributed by atoms with Gasteiger partial charge in [-0.3, -0.25) is 0 Å². The highest BCUT2D eigenvalue weighted by atomic mass is 35.5. The monoisotopic (exact) mass is 314 g/mol. The average Bonchev–Trinajstić information content (AvgIpc) is 2.84. The zero-order valence-corrected chi connectivity index (χ0v) is 13.2. The molecule has 0 spiro atoms. The lowest BCUT2D eigenvalue weighted by Crippen LogP contribution is -2.18. The van der Waals surface area contributed by atoms with Crippen LogP contribution in [0.3, 0.4) is 0 Å². The number of halogens is 2. The van der Waals surface area contributed by atoms with Gasteiger partial charge >= 0.3 is 0 Å². The Kier molecular flexibility index (Phi) is 5.22. The molecule has 1 heterocycles. The van der Waals surface area contributed by atoms with Crippen LogP contribution in [0.4, 0.5) is 0 Å². The summed E-state index contributed by atoms with van der Waals surface area (Å²) in [6.45, 7) is 5.32. The van der Waals surface area contributed by atoms with Crippen LogP contribution in [0, 0.1) is 0 Å². The molecule has 2 aromatic rings. The highest BCUT2D eigenvalue weighted by Crippen LogP contribution is 2.32. The van der Waals surface area contributed by atoms with E-state index in [9.17, 15) is 0 Å². The first-order chi connectivity index (χ1) is 9.10. The van der Waals surface area contributed by atoms with Crippen LogP contribution in [0.25, 0.3) is 10.6 Å². The Morgan fingerprint density at radius 1 is 1.26 bits per heavy atom. The smallest absolute Gasteiger partial charge is 0.123 e. The van der Waals surface area contributed by atoms with Gasteiger partial charge in [-0.1, -0.05) is 30.1 Å². The maximum Gasteiger partial charge on any atom is 0.123 e. The van der Waals surface area contributed by atoms with E-state index in [4.69, 9.17) is 23.2 Å². The zero-order chi connectivity index (χ0) is 13.8. The summed E-state index contributed by atoms with van der Waals surface area (Å²) in [5, 5.41) is 5.67. The van der Waals surface area contributed by atoms with E-state index in [-0.39, 0.29) is 0 Å².